The molecule has 106 valence electrons. The number of nitrogens with one attached hydrogen (secondary N) is 2. The van der Waals surface area contributed by atoms with Gasteiger partial charge in [-0.05, 0) is 43.1 Å². The summed E-state index contributed by atoms with van der Waals surface area (Å²) in [4.78, 5) is 12.0. The van der Waals surface area contributed by atoms with Gasteiger partial charge in [-0.3, -0.25) is 4.79 Å². The van der Waals surface area contributed by atoms with Gasteiger partial charge in [-0.1, -0.05) is 35.0 Å². The van der Waals surface area contributed by atoms with E-state index in [1.165, 1.54) is 0 Å². The zero-order valence-electron chi connectivity index (χ0n) is 11.0. The molecule has 1 aromatic carbocycles. The van der Waals surface area contributed by atoms with E-state index in [0.717, 1.165) is 29.5 Å². The Hall–Kier alpha value is -0.580. The normalized spacial score (nSPS) is 22.4. The molecule has 2 atom stereocenters. The van der Waals surface area contributed by atoms with Crippen LogP contribution < -0.4 is 10.6 Å². The average Bonchev–Trinajstić information content (AvgIpc) is 2.32. The maximum atomic E-state index is 12.0. The third-order valence-corrected chi connectivity index (χ3v) is 3.88. The lowest BCUT2D eigenvalue weighted by molar-refractivity contribution is -0.121. The minimum Gasteiger partial charge on any atom is -0.353 e. The van der Waals surface area contributed by atoms with Gasteiger partial charge in [0.05, 0.1) is 6.42 Å². The second-order valence-corrected chi connectivity index (χ2v) is 5.87. The Morgan fingerprint density at radius 3 is 3.00 bits per heavy atom. The van der Waals surface area contributed by atoms with E-state index in [4.69, 9.17) is 0 Å². The van der Waals surface area contributed by atoms with Gasteiger partial charge in [-0.2, -0.15) is 0 Å². The standard InChI is InChI=1S/C14H19BrN2O.ClH/c1-10-9-16-6-5-13(10)17-14(18)8-11-3-2-4-12(15)7-11;/h2-4,7,10,13,16H,5-6,8-9H2,1H3,(H,17,18);1H. The van der Waals surface area contributed by atoms with Gasteiger partial charge >= 0.3 is 0 Å². The van der Waals surface area contributed by atoms with E-state index in [1.807, 2.05) is 24.3 Å². The van der Waals surface area contributed by atoms with Crippen LogP contribution in [0.1, 0.15) is 18.9 Å². The summed E-state index contributed by atoms with van der Waals surface area (Å²) in [6.07, 6.45) is 1.47. The van der Waals surface area contributed by atoms with E-state index in [1.54, 1.807) is 0 Å². The van der Waals surface area contributed by atoms with E-state index < -0.39 is 0 Å². The third kappa shape index (κ3) is 5.13. The van der Waals surface area contributed by atoms with Crippen molar-refractivity contribution in [3.8, 4) is 0 Å². The first-order valence-corrected chi connectivity index (χ1v) is 7.19. The third-order valence-electron chi connectivity index (χ3n) is 3.39. The molecule has 19 heavy (non-hydrogen) atoms. The maximum absolute atomic E-state index is 12.0. The fourth-order valence-corrected chi connectivity index (χ4v) is 2.77. The van der Waals surface area contributed by atoms with Crippen LogP contribution in [0.4, 0.5) is 0 Å². The van der Waals surface area contributed by atoms with Crippen molar-refractivity contribution in [3.05, 3.63) is 34.3 Å². The van der Waals surface area contributed by atoms with Gasteiger partial charge in [0.25, 0.3) is 0 Å². The number of halogens is 2. The molecule has 0 radical (unpaired) electrons. The number of benzene rings is 1. The van der Waals surface area contributed by atoms with Crippen LogP contribution in [0.3, 0.4) is 0 Å². The number of amides is 1. The molecule has 1 aliphatic heterocycles. The van der Waals surface area contributed by atoms with Crippen molar-refractivity contribution < 1.29 is 4.79 Å². The smallest absolute Gasteiger partial charge is 0.224 e. The van der Waals surface area contributed by atoms with E-state index >= 15 is 0 Å². The zero-order chi connectivity index (χ0) is 13.0. The molecular weight excluding hydrogens is 328 g/mol. The molecule has 1 aromatic rings. The van der Waals surface area contributed by atoms with E-state index in [0.29, 0.717) is 18.4 Å². The van der Waals surface area contributed by atoms with Crippen LogP contribution in [0.15, 0.2) is 28.7 Å². The molecule has 1 heterocycles. The molecule has 0 saturated carbocycles. The maximum Gasteiger partial charge on any atom is 0.224 e. The predicted molar refractivity (Wildman–Crippen MR) is 83.7 cm³/mol. The van der Waals surface area contributed by atoms with Gasteiger partial charge in [-0.25, -0.2) is 0 Å². The molecule has 3 nitrogen and oxygen atoms in total. The lowest BCUT2D eigenvalue weighted by Crippen LogP contribution is -2.48. The average molecular weight is 348 g/mol. The first-order chi connectivity index (χ1) is 8.65. The monoisotopic (exact) mass is 346 g/mol. The highest BCUT2D eigenvalue weighted by molar-refractivity contribution is 9.10. The summed E-state index contributed by atoms with van der Waals surface area (Å²) in [6.45, 7) is 4.16. The van der Waals surface area contributed by atoms with Crippen LogP contribution in [0.5, 0.6) is 0 Å². The van der Waals surface area contributed by atoms with E-state index in [2.05, 4.69) is 33.5 Å². The first kappa shape index (κ1) is 16.5. The van der Waals surface area contributed by atoms with Gasteiger partial charge in [0.2, 0.25) is 5.91 Å². The van der Waals surface area contributed by atoms with Crippen molar-refractivity contribution in [1.82, 2.24) is 10.6 Å². The van der Waals surface area contributed by atoms with Crippen LogP contribution in [-0.4, -0.2) is 25.0 Å². The highest BCUT2D eigenvalue weighted by Gasteiger charge is 2.22. The molecule has 1 aliphatic rings. The minimum absolute atomic E-state index is 0. The lowest BCUT2D eigenvalue weighted by atomic mass is 9.95. The van der Waals surface area contributed by atoms with Crippen molar-refractivity contribution in [2.75, 3.05) is 13.1 Å². The summed E-state index contributed by atoms with van der Waals surface area (Å²) >= 11 is 3.42. The lowest BCUT2D eigenvalue weighted by Gasteiger charge is -2.30. The number of hydrogen-bond acceptors (Lipinski definition) is 2. The predicted octanol–water partition coefficient (Wildman–Crippen LogP) is 2.53. The number of carbonyl (C=O) groups excluding carboxylic acids is 1. The Morgan fingerprint density at radius 1 is 1.53 bits per heavy atom. The van der Waals surface area contributed by atoms with Crippen molar-refractivity contribution in [2.24, 2.45) is 5.92 Å². The summed E-state index contributed by atoms with van der Waals surface area (Å²) in [7, 11) is 0. The number of hydrogen-bond donors (Lipinski definition) is 2. The van der Waals surface area contributed by atoms with E-state index in [-0.39, 0.29) is 18.3 Å². The summed E-state index contributed by atoms with van der Waals surface area (Å²) in [5.41, 5.74) is 1.04. The van der Waals surface area contributed by atoms with Crippen LogP contribution >= 0.6 is 28.3 Å². The second kappa shape index (κ2) is 7.88. The summed E-state index contributed by atoms with van der Waals surface area (Å²) in [5.74, 6) is 0.622. The van der Waals surface area contributed by atoms with Crippen molar-refractivity contribution in [1.29, 1.82) is 0 Å². The molecule has 2 unspecified atom stereocenters. The Kier molecular flexibility index (Phi) is 6.83. The van der Waals surface area contributed by atoms with Crippen LogP contribution in [0.25, 0.3) is 0 Å². The molecule has 0 spiro atoms. The largest absolute Gasteiger partial charge is 0.353 e. The molecule has 0 aromatic heterocycles. The molecule has 1 fully saturated rings. The van der Waals surface area contributed by atoms with Gasteiger partial charge in [0, 0.05) is 10.5 Å². The van der Waals surface area contributed by atoms with Crippen molar-refractivity contribution >= 4 is 34.2 Å². The summed E-state index contributed by atoms with van der Waals surface area (Å²) < 4.78 is 1.02. The SMILES string of the molecule is CC1CNCCC1NC(=O)Cc1cccc(Br)c1.Cl. The molecule has 0 bridgehead atoms. The first-order valence-electron chi connectivity index (χ1n) is 6.39. The molecule has 2 N–H and O–H groups in total. The van der Waals surface area contributed by atoms with Crippen LogP contribution in [-0.2, 0) is 11.2 Å². The highest BCUT2D eigenvalue weighted by Crippen LogP contribution is 2.13. The Labute approximate surface area is 129 Å². The van der Waals surface area contributed by atoms with Crippen LogP contribution in [0.2, 0.25) is 0 Å². The number of piperidine rings is 1. The molecule has 5 heteroatoms. The number of rotatable bonds is 3. The highest BCUT2D eigenvalue weighted by atomic mass is 79.9. The molecule has 1 amide bonds. The summed E-state index contributed by atoms with van der Waals surface area (Å²) in [6, 6.07) is 8.21. The van der Waals surface area contributed by atoms with Crippen molar-refractivity contribution in [2.45, 2.75) is 25.8 Å². The summed E-state index contributed by atoms with van der Waals surface area (Å²) in [5, 5.41) is 6.48. The van der Waals surface area contributed by atoms with Gasteiger partial charge in [-0.15, -0.1) is 12.4 Å². The topological polar surface area (TPSA) is 41.1 Å². The van der Waals surface area contributed by atoms with Crippen LogP contribution in [0, 0.1) is 5.92 Å². The van der Waals surface area contributed by atoms with Crippen molar-refractivity contribution in [3.63, 3.8) is 0 Å². The fraction of sp³-hybridized carbons (Fsp3) is 0.500. The fourth-order valence-electron chi connectivity index (χ4n) is 2.32. The second-order valence-electron chi connectivity index (χ2n) is 4.95. The van der Waals surface area contributed by atoms with Gasteiger partial charge in [0.15, 0.2) is 0 Å². The molecule has 0 aliphatic carbocycles. The Morgan fingerprint density at radius 2 is 2.32 bits per heavy atom. The van der Waals surface area contributed by atoms with E-state index in [9.17, 15) is 4.79 Å². The quantitative estimate of drug-likeness (QED) is 0.882. The Balaban J connectivity index is 0.00000180. The molecular formula is C14H20BrClN2O. The zero-order valence-corrected chi connectivity index (χ0v) is 13.4. The van der Waals surface area contributed by atoms with Gasteiger partial charge in [0.1, 0.15) is 0 Å². The Bertz CT molecular complexity index is 428. The van der Waals surface area contributed by atoms with Gasteiger partial charge < -0.3 is 10.6 Å². The number of carbonyl (C=O) groups is 1. The molecule has 2 rings (SSSR count). The minimum atomic E-state index is 0. The molecule has 1 saturated heterocycles.